The van der Waals surface area contributed by atoms with Crippen LogP contribution in [-0.2, 0) is 11.3 Å². The van der Waals surface area contributed by atoms with E-state index >= 15 is 0 Å². The Labute approximate surface area is 201 Å². The molecule has 0 unspecified atom stereocenters. The van der Waals surface area contributed by atoms with Crippen LogP contribution in [0.2, 0.25) is 0 Å². The molecule has 0 spiro atoms. The van der Waals surface area contributed by atoms with Gasteiger partial charge in [-0.1, -0.05) is 37.0 Å². The number of furan rings is 1. The third-order valence-electron chi connectivity index (χ3n) is 6.19. The summed E-state index contributed by atoms with van der Waals surface area (Å²) in [6.45, 7) is 6.12. The lowest BCUT2D eigenvalue weighted by molar-refractivity contribution is -0.122. The van der Waals surface area contributed by atoms with E-state index in [1.165, 1.54) is 16.7 Å². The summed E-state index contributed by atoms with van der Waals surface area (Å²) in [5, 5.41) is 0. The summed E-state index contributed by atoms with van der Waals surface area (Å²) in [6, 6.07) is 7.36. The number of hydrogen-bond acceptors (Lipinski definition) is 7. The fourth-order valence-corrected chi connectivity index (χ4v) is 5.45. The van der Waals surface area contributed by atoms with Crippen molar-refractivity contribution in [2.45, 2.75) is 33.2 Å². The Morgan fingerprint density at radius 3 is 2.76 bits per heavy atom. The van der Waals surface area contributed by atoms with Crippen LogP contribution >= 0.6 is 24.0 Å². The van der Waals surface area contributed by atoms with Crippen molar-refractivity contribution in [2.24, 2.45) is 5.92 Å². The van der Waals surface area contributed by atoms with Crippen molar-refractivity contribution in [3.63, 3.8) is 0 Å². The minimum atomic E-state index is -0.228. The second-order valence-electron chi connectivity index (χ2n) is 8.56. The fourth-order valence-electron chi connectivity index (χ4n) is 4.21. The van der Waals surface area contributed by atoms with Gasteiger partial charge in [-0.3, -0.25) is 18.9 Å². The zero-order valence-electron chi connectivity index (χ0n) is 18.5. The molecule has 0 aromatic carbocycles. The molecular formula is C24H24N4O3S2. The molecule has 0 radical (unpaired) electrons. The summed E-state index contributed by atoms with van der Waals surface area (Å²) in [4.78, 5) is 35.8. The Morgan fingerprint density at radius 2 is 2.03 bits per heavy atom. The van der Waals surface area contributed by atoms with Crippen LogP contribution in [0.15, 0.2) is 50.8 Å². The van der Waals surface area contributed by atoms with Gasteiger partial charge in [0.05, 0.1) is 23.3 Å². The van der Waals surface area contributed by atoms with Gasteiger partial charge in [-0.05, 0) is 55.5 Å². The SMILES string of the molecule is Cc1cccn2c(=O)c(C=C3SC(=S)N(Cc4ccco4)C3=O)c(N3CCC(C)CC3)nc12. The van der Waals surface area contributed by atoms with E-state index in [1.807, 2.05) is 19.1 Å². The third kappa shape index (κ3) is 4.11. The number of amides is 1. The van der Waals surface area contributed by atoms with E-state index in [4.69, 9.17) is 21.6 Å². The molecule has 0 N–H and O–H groups in total. The van der Waals surface area contributed by atoms with Gasteiger partial charge < -0.3 is 9.32 Å². The highest BCUT2D eigenvalue weighted by Gasteiger charge is 2.33. The predicted octanol–water partition coefficient (Wildman–Crippen LogP) is 4.23. The van der Waals surface area contributed by atoms with Gasteiger partial charge in [-0.25, -0.2) is 4.98 Å². The molecule has 0 atom stereocenters. The highest BCUT2D eigenvalue weighted by atomic mass is 32.2. The number of nitrogens with zero attached hydrogens (tertiary/aromatic N) is 4. The Morgan fingerprint density at radius 1 is 1.24 bits per heavy atom. The van der Waals surface area contributed by atoms with Crippen LogP contribution in [-0.4, -0.2) is 37.6 Å². The van der Waals surface area contributed by atoms with Crippen molar-refractivity contribution in [1.82, 2.24) is 14.3 Å². The summed E-state index contributed by atoms with van der Waals surface area (Å²) in [6.07, 6.45) is 7.04. The Hall–Kier alpha value is -2.91. The summed E-state index contributed by atoms with van der Waals surface area (Å²) in [5.41, 5.74) is 1.80. The quantitative estimate of drug-likeness (QED) is 0.409. The predicted molar refractivity (Wildman–Crippen MR) is 134 cm³/mol. The maximum absolute atomic E-state index is 13.6. The lowest BCUT2D eigenvalue weighted by Gasteiger charge is -2.32. The first kappa shape index (κ1) is 21.9. The summed E-state index contributed by atoms with van der Waals surface area (Å²) in [7, 11) is 0. The zero-order valence-corrected chi connectivity index (χ0v) is 20.1. The van der Waals surface area contributed by atoms with Crippen molar-refractivity contribution in [3.8, 4) is 0 Å². The number of piperidine rings is 1. The van der Waals surface area contributed by atoms with Gasteiger partial charge in [0, 0.05) is 19.3 Å². The Bertz CT molecular complexity index is 1320. The van der Waals surface area contributed by atoms with Crippen LogP contribution in [0.1, 0.15) is 36.7 Å². The van der Waals surface area contributed by atoms with Crippen molar-refractivity contribution in [2.75, 3.05) is 18.0 Å². The minimum absolute atomic E-state index is 0.186. The molecule has 2 saturated heterocycles. The monoisotopic (exact) mass is 480 g/mol. The molecule has 0 bridgehead atoms. The largest absolute Gasteiger partial charge is 0.467 e. The van der Waals surface area contributed by atoms with E-state index in [2.05, 4.69) is 11.8 Å². The summed E-state index contributed by atoms with van der Waals surface area (Å²) in [5.74, 6) is 1.70. The number of rotatable bonds is 4. The van der Waals surface area contributed by atoms with Gasteiger partial charge >= 0.3 is 0 Å². The number of aromatic nitrogens is 2. The number of fused-ring (bicyclic) bond motifs is 1. The van der Waals surface area contributed by atoms with Crippen LogP contribution in [0.25, 0.3) is 11.7 Å². The maximum Gasteiger partial charge on any atom is 0.267 e. The third-order valence-corrected chi connectivity index (χ3v) is 7.57. The van der Waals surface area contributed by atoms with Gasteiger partial charge in [0.15, 0.2) is 0 Å². The van der Waals surface area contributed by atoms with Gasteiger partial charge in [0.1, 0.15) is 21.5 Å². The minimum Gasteiger partial charge on any atom is -0.467 e. The molecule has 1 amide bonds. The molecule has 7 nitrogen and oxygen atoms in total. The topological polar surface area (TPSA) is 71.1 Å². The van der Waals surface area contributed by atoms with Crippen LogP contribution in [0.4, 0.5) is 5.82 Å². The molecule has 9 heteroatoms. The standard InChI is InChI=1S/C24H24N4O3S2/c1-15-7-10-26(11-8-15)21-18(22(29)27-9-3-5-16(2)20(27)25-21)13-19-23(30)28(24(32)33-19)14-17-6-4-12-31-17/h3-6,9,12-13,15H,7-8,10-11,14H2,1-2H3. The first-order valence-corrected chi connectivity index (χ1v) is 12.2. The lowest BCUT2D eigenvalue weighted by atomic mass is 9.99. The summed E-state index contributed by atoms with van der Waals surface area (Å²) >= 11 is 6.66. The molecule has 2 fully saturated rings. The molecule has 0 saturated carbocycles. The number of carbonyl (C=O) groups is 1. The normalized spacial score (nSPS) is 18.8. The van der Waals surface area contributed by atoms with E-state index in [9.17, 15) is 9.59 Å². The smallest absolute Gasteiger partial charge is 0.267 e. The van der Waals surface area contributed by atoms with Crippen LogP contribution in [0, 0.1) is 12.8 Å². The number of aryl methyl sites for hydroxylation is 1. The zero-order chi connectivity index (χ0) is 23.1. The number of thioether (sulfide) groups is 1. The van der Waals surface area contributed by atoms with E-state index in [0.717, 1.165) is 31.5 Å². The van der Waals surface area contributed by atoms with Crippen molar-refractivity contribution in [1.29, 1.82) is 0 Å². The number of thiocarbonyl (C=S) groups is 1. The van der Waals surface area contributed by atoms with Crippen LogP contribution in [0.5, 0.6) is 0 Å². The Balaban J connectivity index is 1.59. The Kier molecular flexibility index (Phi) is 5.84. The first-order chi connectivity index (χ1) is 15.9. The summed E-state index contributed by atoms with van der Waals surface area (Å²) < 4.78 is 7.38. The molecule has 5 heterocycles. The van der Waals surface area contributed by atoms with Gasteiger partial charge in [0.2, 0.25) is 0 Å². The van der Waals surface area contributed by atoms with Crippen LogP contribution in [0.3, 0.4) is 0 Å². The van der Waals surface area contributed by atoms with Gasteiger partial charge in [0.25, 0.3) is 11.5 Å². The molecule has 5 rings (SSSR count). The van der Waals surface area contributed by atoms with Crippen molar-refractivity contribution < 1.29 is 9.21 Å². The second kappa shape index (κ2) is 8.79. The molecular weight excluding hydrogens is 456 g/mol. The number of carbonyl (C=O) groups excluding carboxylic acids is 1. The molecule has 170 valence electrons. The maximum atomic E-state index is 13.6. The van der Waals surface area contributed by atoms with Gasteiger partial charge in [-0.2, -0.15) is 0 Å². The number of anilines is 1. The molecule has 0 aliphatic carbocycles. The first-order valence-electron chi connectivity index (χ1n) is 11.0. The van der Waals surface area contributed by atoms with E-state index in [0.29, 0.717) is 37.9 Å². The average Bonchev–Trinajstić information content (AvgIpc) is 3.41. The molecule has 2 aliphatic heterocycles. The van der Waals surface area contributed by atoms with Crippen molar-refractivity contribution >= 4 is 51.7 Å². The average molecular weight is 481 g/mol. The number of hydrogen-bond donors (Lipinski definition) is 0. The molecule has 33 heavy (non-hydrogen) atoms. The van der Waals surface area contributed by atoms with Gasteiger partial charge in [-0.15, -0.1) is 0 Å². The molecule has 2 aliphatic rings. The van der Waals surface area contributed by atoms with E-state index < -0.39 is 0 Å². The van der Waals surface area contributed by atoms with Crippen molar-refractivity contribution in [3.05, 3.63) is 68.9 Å². The fraction of sp³-hybridized carbons (Fsp3) is 0.333. The highest BCUT2D eigenvalue weighted by Crippen LogP contribution is 2.35. The molecule has 3 aromatic heterocycles. The number of pyridine rings is 1. The second-order valence-corrected chi connectivity index (χ2v) is 10.2. The van der Waals surface area contributed by atoms with E-state index in [1.54, 1.807) is 35.1 Å². The highest BCUT2D eigenvalue weighted by molar-refractivity contribution is 8.26. The molecule has 3 aromatic rings. The lowest BCUT2D eigenvalue weighted by Crippen LogP contribution is -2.36. The van der Waals surface area contributed by atoms with E-state index in [-0.39, 0.29) is 18.0 Å². The van der Waals surface area contributed by atoms with Crippen LogP contribution < -0.4 is 10.5 Å².